The summed E-state index contributed by atoms with van der Waals surface area (Å²) >= 11 is 3.47. The largest absolute Gasteiger partial charge is 0.369 e. The van der Waals surface area contributed by atoms with Crippen molar-refractivity contribution < 1.29 is 4.79 Å². The number of aryl methyl sites for hydroxylation is 2. The number of halogens is 1. The van der Waals surface area contributed by atoms with E-state index in [4.69, 9.17) is 5.73 Å². The van der Waals surface area contributed by atoms with Gasteiger partial charge in [0.05, 0.1) is 5.92 Å². The maximum atomic E-state index is 11.7. The lowest BCUT2D eigenvalue weighted by atomic mass is 9.73. The molecule has 3 heteroatoms. The Labute approximate surface area is 112 Å². The lowest BCUT2D eigenvalue weighted by Gasteiger charge is -2.31. The molecule has 0 aliphatic heterocycles. The van der Waals surface area contributed by atoms with Gasteiger partial charge in [-0.15, -0.1) is 0 Å². The van der Waals surface area contributed by atoms with Gasteiger partial charge < -0.3 is 5.73 Å². The quantitative estimate of drug-likeness (QED) is 0.889. The molecule has 94 valence electrons. The summed E-state index contributed by atoms with van der Waals surface area (Å²) in [4.78, 5) is 11.7. The van der Waals surface area contributed by atoms with Crippen LogP contribution in [-0.4, -0.2) is 5.91 Å². The zero-order valence-electron chi connectivity index (χ0n) is 11.1. The molecule has 0 saturated heterocycles. The number of primary amides is 1. The summed E-state index contributed by atoms with van der Waals surface area (Å²) in [5.41, 5.74) is 8.69. The molecule has 2 nitrogen and oxygen atoms in total. The van der Waals surface area contributed by atoms with Crippen molar-refractivity contribution in [3.05, 3.63) is 33.3 Å². The number of amides is 1. The number of nitrogens with two attached hydrogens (primary N) is 1. The Morgan fingerprint density at radius 2 is 1.65 bits per heavy atom. The predicted molar refractivity (Wildman–Crippen MR) is 75.0 cm³/mol. The summed E-state index contributed by atoms with van der Waals surface area (Å²) in [6.07, 6.45) is 0. The van der Waals surface area contributed by atoms with E-state index in [0.29, 0.717) is 0 Å². The second-order valence-electron chi connectivity index (χ2n) is 5.65. The standard InChI is InChI=1S/C14H20BrNO/c1-8-6-10(15)7-9(2)11(8)12(13(16)17)14(3,4)5/h6-7,12H,1-5H3,(H2,16,17). The smallest absolute Gasteiger partial charge is 0.225 e. The lowest BCUT2D eigenvalue weighted by molar-refractivity contribution is -0.121. The van der Waals surface area contributed by atoms with Gasteiger partial charge in [-0.25, -0.2) is 0 Å². The van der Waals surface area contributed by atoms with Gasteiger partial charge in [-0.1, -0.05) is 36.7 Å². The normalized spacial score (nSPS) is 13.5. The predicted octanol–water partition coefficient (Wildman–Crippen LogP) is 3.68. The first-order valence-electron chi connectivity index (χ1n) is 5.70. The highest BCUT2D eigenvalue weighted by Crippen LogP contribution is 2.38. The number of carbonyl (C=O) groups excluding carboxylic acids is 1. The molecule has 0 fully saturated rings. The first-order chi connectivity index (χ1) is 7.64. The second kappa shape index (κ2) is 4.81. The van der Waals surface area contributed by atoms with Crippen molar-refractivity contribution in [2.24, 2.45) is 11.1 Å². The molecule has 0 aliphatic carbocycles. The van der Waals surface area contributed by atoms with Crippen LogP contribution in [0.4, 0.5) is 0 Å². The Kier molecular flexibility index (Phi) is 4.03. The van der Waals surface area contributed by atoms with Crippen molar-refractivity contribution in [3.63, 3.8) is 0 Å². The third-order valence-electron chi connectivity index (χ3n) is 3.00. The van der Waals surface area contributed by atoms with E-state index < -0.39 is 0 Å². The summed E-state index contributed by atoms with van der Waals surface area (Å²) in [6.45, 7) is 10.2. The average molecular weight is 298 g/mol. The van der Waals surface area contributed by atoms with Gasteiger partial charge in [0.2, 0.25) is 5.91 Å². The van der Waals surface area contributed by atoms with E-state index in [1.807, 2.05) is 46.8 Å². The fraction of sp³-hybridized carbons (Fsp3) is 0.500. The highest BCUT2D eigenvalue weighted by molar-refractivity contribution is 9.10. The zero-order valence-corrected chi connectivity index (χ0v) is 12.7. The maximum Gasteiger partial charge on any atom is 0.225 e. The molecule has 1 unspecified atom stereocenters. The van der Waals surface area contributed by atoms with Crippen LogP contribution in [0.2, 0.25) is 0 Å². The topological polar surface area (TPSA) is 43.1 Å². The zero-order chi connectivity index (χ0) is 13.4. The molecular formula is C14H20BrNO. The van der Waals surface area contributed by atoms with Crippen LogP contribution < -0.4 is 5.73 Å². The van der Waals surface area contributed by atoms with Crippen LogP contribution in [0, 0.1) is 19.3 Å². The minimum absolute atomic E-state index is 0.171. The summed E-state index contributed by atoms with van der Waals surface area (Å²) in [5, 5.41) is 0. The SMILES string of the molecule is Cc1cc(Br)cc(C)c1C(C(N)=O)C(C)(C)C. The highest BCUT2D eigenvalue weighted by Gasteiger charge is 2.33. The first-order valence-corrected chi connectivity index (χ1v) is 6.50. The van der Waals surface area contributed by atoms with Crippen LogP contribution >= 0.6 is 15.9 Å². The number of hydrogen-bond acceptors (Lipinski definition) is 1. The molecule has 0 spiro atoms. The summed E-state index contributed by atoms with van der Waals surface area (Å²) in [5.74, 6) is -0.512. The van der Waals surface area contributed by atoms with Gasteiger partial charge in [0.15, 0.2) is 0 Å². The molecule has 1 amide bonds. The Hall–Kier alpha value is -0.830. The van der Waals surface area contributed by atoms with E-state index in [2.05, 4.69) is 15.9 Å². The van der Waals surface area contributed by atoms with Crippen molar-refractivity contribution in [2.45, 2.75) is 40.5 Å². The molecule has 1 atom stereocenters. The van der Waals surface area contributed by atoms with Crippen molar-refractivity contribution in [3.8, 4) is 0 Å². The highest BCUT2D eigenvalue weighted by atomic mass is 79.9. The minimum atomic E-state index is -0.258. The van der Waals surface area contributed by atoms with Crippen LogP contribution in [0.15, 0.2) is 16.6 Å². The third kappa shape index (κ3) is 3.09. The van der Waals surface area contributed by atoms with Crippen LogP contribution in [0.1, 0.15) is 43.4 Å². The van der Waals surface area contributed by atoms with Crippen LogP contribution in [0.3, 0.4) is 0 Å². The van der Waals surface area contributed by atoms with Gasteiger partial charge in [-0.05, 0) is 48.1 Å². The molecule has 1 aromatic rings. The van der Waals surface area contributed by atoms with Gasteiger partial charge in [0, 0.05) is 4.47 Å². The maximum absolute atomic E-state index is 11.7. The number of hydrogen-bond donors (Lipinski definition) is 1. The number of rotatable bonds is 2. The Morgan fingerprint density at radius 1 is 1.24 bits per heavy atom. The molecule has 2 N–H and O–H groups in total. The molecule has 0 aromatic heterocycles. The van der Waals surface area contributed by atoms with Crippen LogP contribution in [0.25, 0.3) is 0 Å². The lowest BCUT2D eigenvalue weighted by Crippen LogP contribution is -2.32. The van der Waals surface area contributed by atoms with Crippen molar-refractivity contribution in [1.29, 1.82) is 0 Å². The fourth-order valence-corrected chi connectivity index (χ4v) is 3.07. The Morgan fingerprint density at radius 3 is 1.94 bits per heavy atom. The monoisotopic (exact) mass is 297 g/mol. The van der Waals surface area contributed by atoms with Crippen molar-refractivity contribution in [1.82, 2.24) is 0 Å². The molecular weight excluding hydrogens is 278 g/mol. The molecule has 0 aliphatic rings. The third-order valence-corrected chi connectivity index (χ3v) is 3.46. The van der Waals surface area contributed by atoms with E-state index in [9.17, 15) is 4.79 Å². The van der Waals surface area contributed by atoms with Gasteiger partial charge in [-0.2, -0.15) is 0 Å². The van der Waals surface area contributed by atoms with Gasteiger partial charge in [-0.3, -0.25) is 4.79 Å². The summed E-state index contributed by atoms with van der Waals surface area (Å²) in [7, 11) is 0. The Balaban J connectivity index is 3.44. The van der Waals surface area contributed by atoms with Crippen LogP contribution in [0.5, 0.6) is 0 Å². The van der Waals surface area contributed by atoms with Crippen molar-refractivity contribution in [2.75, 3.05) is 0 Å². The fourth-order valence-electron chi connectivity index (χ4n) is 2.38. The number of carbonyl (C=O) groups is 1. The Bertz CT molecular complexity index is 423. The van der Waals surface area contributed by atoms with E-state index >= 15 is 0 Å². The van der Waals surface area contributed by atoms with Gasteiger partial charge >= 0.3 is 0 Å². The van der Waals surface area contributed by atoms with E-state index in [0.717, 1.165) is 21.2 Å². The first kappa shape index (κ1) is 14.2. The summed E-state index contributed by atoms with van der Waals surface area (Å²) in [6, 6.07) is 4.06. The molecule has 0 bridgehead atoms. The van der Waals surface area contributed by atoms with Crippen molar-refractivity contribution >= 4 is 21.8 Å². The molecule has 0 radical (unpaired) electrons. The molecule has 1 aromatic carbocycles. The number of benzene rings is 1. The van der Waals surface area contributed by atoms with E-state index in [1.165, 1.54) is 0 Å². The molecule has 0 saturated carbocycles. The van der Waals surface area contributed by atoms with E-state index in [-0.39, 0.29) is 17.2 Å². The summed E-state index contributed by atoms with van der Waals surface area (Å²) < 4.78 is 1.04. The molecule has 0 heterocycles. The minimum Gasteiger partial charge on any atom is -0.369 e. The van der Waals surface area contributed by atoms with Crippen LogP contribution in [-0.2, 0) is 4.79 Å². The van der Waals surface area contributed by atoms with Gasteiger partial charge in [0.25, 0.3) is 0 Å². The average Bonchev–Trinajstić information content (AvgIpc) is 2.07. The molecule has 17 heavy (non-hydrogen) atoms. The van der Waals surface area contributed by atoms with Gasteiger partial charge in [0.1, 0.15) is 0 Å². The molecule has 1 rings (SSSR count). The second-order valence-corrected chi connectivity index (χ2v) is 6.57. The van der Waals surface area contributed by atoms with E-state index in [1.54, 1.807) is 0 Å².